The van der Waals surface area contributed by atoms with Crippen molar-refractivity contribution in [3.63, 3.8) is 0 Å². The van der Waals surface area contributed by atoms with Gasteiger partial charge in [-0.1, -0.05) is 0 Å². The van der Waals surface area contributed by atoms with Crippen molar-refractivity contribution in [2.45, 2.75) is 31.8 Å². The summed E-state index contributed by atoms with van der Waals surface area (Å²) in [5, 5.41) is 8.80. The van der Waals surface area contributed by atoms with E-state index in [1.807, 2.05) is 0 Å². The van der Waals surface area contributed by atoms with E-state index in [0.29, 0.717) is 12.1 Å². The third-order valence-electron chi connectivity index (χ3n) is 2.19. The van der Waals surface area contributed by atoms with Gasteiger partial charge in [0.05, 0.1) is 0 Å². The summed E-state index contributed by atoms with van der Waals surface area (Å²) in [5.74, 6) is 0. The average Bonchev–Trinajstić information content (AvgIpc) is 2.04. The molecule has 1 rings (SSSR count). The molecule has 0 spiro atoms. The first-order chi connectivity index (χ1) is 5.72. The Balaban J connectivity index is 2.27. The fourth-order valence-corrected chi connectivity index (χ4v) is 1.52. The van der Waals surface area contributed by atoms with Gasteiger partial charge in [-0.25, -0.2) is 4.79 Å². The van der Waals surface area contributed by atoms with Gasteiger partial charge in [0.1, 0.15) is 0 Å². The molecule has 0 saturated carbocycles. The Morgan fingerprint density at radius 3 is 2.92 bits per heavy atom. The molecule has 1 aliphatic rings. The van der Waals surface area contributed by atoms with Crippen LogP contribution in [0.25, 0.3) is 0 Å². The lowest BCUT2D eigenvalue weighted by atomic mass is 10.0. The molecule has 3 N–H and O–H groups in total. The standard InChI is InChI=1S/C8H17N3O/c1-6-5-7(3-4-10-6)11-8(12)9-2/h6-7,10H,3-5H2,1-2H3,(H2,9,11,12). The van der Waals surface area contributed by atoms with Crippen LogP contribution < -0.4 is 16.0 Å². The Labute approximate surface area is 73.1 Å². The number of urea groups is 1. The van der Waals surface area contributed by atoms with Gasteiger partial charge in [0.15, 0.2) is 0 Å². The van der Waals surface area contributed by atoms with Crippen molar-refractivity contribution in [2.24, 2.45) is 0 Å². The lowest BCUT2D eigenvalue weighted by molar-refractivity contribution is 0.232. The minimum absolute atomic E-state index is 0.0749. The lowest BCUT2D eigenvalue weighted by Crippen LogP contribution is -2.48. The van der Waals surface area contributed by atoms with Crippen LogP contribution in [0.15, 0.2) is 0 Å². The second-order valence-electron chi connectivity index (χ2n) is 3.30. The molecule has 0 bridgehead atoms. The average molecular weight is 171 g/mol. The maximum atomic E-state index is 10.9. The van der Waals surface area contributed by atoms with Gasteiger partial charge in [0.2, 0.25) is 0 Å². The molecule has 0 radical (unpaired) electrons. The van der Waals surface area contributed by atoms with E-state index in [0.717, 1.165) is 19.4 Å². The first kappa shape index (κ1) is 9.32. The number of piperidine rings is 1. The normalized spacial score (nSPS) is 29.5. The highest BCUT2D eigenvalue weighted by molar-refractivity contribution is 5.73. The van der Waals surface area contributed by atoms with Crippen LogP contribution in [0.2, 0.25) is 0 Å². The third-order valence-corrected chi connectivity index (χ3v) is 2.19. The summed E-state index contributed by atoms with van der Waals surface area (Å²) in [6, 6.07) is 0.774. The number of nitrogens with one attached hydrogen (secondary N) is 3. The summed E-state index contributed by atoms with van der Waals surface area (Å²) in [6.07, 6.45) is 2.05. The Morgan fingerprint density at radius 2 is 2.33 bits per heavy atom. The van der Waals surface area contributed by atoms with E-state index in [2.05, 4.69) is 22.9 Å². The van der Waals surface area contributed by atoms with Gasteiger partial charge in [-0.15, -0.1) is 0 Å². The molecule has 1 aliphatic heterocycles. The summed E-state index contributed by atoms with van der Waals surface area (Å²) in [5.41, 5.74) is 0. The first-order valence-electron chi connectivity index (χ1n) is 4.44. The highest BCUT2D eigenvalue weighted by atomic mass is 16.2. The SMILES string of the molecule is CNC(=O)NC1CCNC(C)C1. The second-order valence-corrected chi connectivity index (χ2v) is 3.30. The van der Waals surface area contributed by atoms with Gasteiger partial charge in [-0.3, -0.25) is 0 Å². The summed E-state index contributed by atoms with van der Waals surface area (Å²) in [7, 11) is 1.64. The van der Waals surface area contributed by atoms with Crippen molar-refractivity contribution in [1.82, 2.24) is 16.0 Å². The van der Waals surface area contributed by atoms with E-state index in [1.165, 1.54) is 0 Å². The number of amides is 2. The molecule has 2 amide bonds. The van der Waals surface area contributed by atoms with Crippen molar-refractivity contribution in [3.8, 4) is 0 Å². The minimum atomic E-state index is -0.0749. The highest BCUT2D eigenvalue weighted by Gasteiger charge is 2.18. The molecule has 12 heavy (non-hydrogen) atoms. The molecule has 1 saturated heterocycles. The molecule has 1 fully saturated rings. The smallest absolute Gasteiger partial charge is 0.314 e. The highest BCUT2D eigenvalue weighted by Crippen LogP contribution is 2.07. The van der Waals surface area contributed by atoms with Crippen LogP contribution in [0.4, 0.5) is 4.79 Å². The van der Waals surface area contributed by atoms with Crippen LogP contribution in [-0.4, -0.2) is 31.7 Å². The van der Waals surface area contributed by atoms with Crippen molar-refractivity contribution in [1.29, 1.82) is 0 Å². The number of carbonyl (C=O) groups is 1. The lowest BCUT2D eigenvalue weighted by Gasteiger charge is -2.28. The zero-order valence-corrected chi connectivity index (χ0v) is 7.68. The molecule has 0 aromatic carbocycles. The van der Waals surface area contributed by atoms with Crippen LogP contribution in [0, 0.1) is 0 Å². The van der Waals surface area contributed by atoms with E-state index in [4.69, 9.17) is 0 Å². The summed E-state index contributed by atoms with van der Waals surface area (Å²) >= 11 is 0. The predicted molar refractivity (Wildman–Crippen MR) is 48.1 cm³/mol. The Bertz CT molecular complexity index is 160. The molecule has 0 aliphatic carbocycles. The van der Waals surface area contributed by atoms with E-state index in [1.54, 1.807) is 7.05 Å². The Hall–Kier alpha value is -0.770. The van der Waals surface area contributed by atoms with Gasteiger partial charge in [0, 0.05) is 19.1 Å². The molecule has 2 atom stereocenters. The number of rotatable bonds is 1. The van der Waals surface area contributed by atoms with Crippen molar-refractivity contribution in [3.05, 3.63) is 0 Å². The van der Waals surface area contributed by atoms with Crippen molar-refractivity contribution in [2.75, 3.05) is 13.6 Å². The van der Waals surface area contributed by atoms with Crippen LogP contribution in [0.5, 0.6) is 0 Å². The van der Waals surface area contributed by atoms with E-state index >= 15 is 0 Å². The minimum Gasteiger partial charge on any atom is -0.341 e. The molecule has 4 nitrogen and oxygen atoms in total. The van der Waals surface area contributed by atoms with Gasteiger partial charge in [0.25, 0.3) is 0 Å². The molecule has 2 unspecified atom stereocenters. The molecule has 70 valence electrons. The summed E-state index contributed by atoms with van der Waals surface area (Å²) in [6.45, 7) is 3.13. The van der Waals surface area contributed by atoms with E-state index < -0.39 is 0 Å². The van der Waals surface area contributed by atoms with Crippen LogP contribution in [0.3, 0.4) is 0 Å². The zero-order chi connectivity index (χ0) is 8.97. The summed E-state index contributed by atoms with van der Waals surface area (Å²) in [4.78, 5) is 10.9. The maximum absolute atomic E-state index is 10.9. The molecule has 0 aromatic rings. The van der Waals surface area contributed by atoms with Gasteiger partial charge in [-0.2, -0.15) is 0 Å². The van der Waals surface area contributed by atoms with Gasteiger partial charge >= 0.3 is 6.03 Å². The second kappa shape index (κ2) is 4.30. The Morgan fingerprint density at radius 1 is 1.58 bits per heavy atom. The van der Waals surface area contributed by atoms with Crippen LogP contribution >= 0.6 is 0 Å². The van der Waals surface area contributed by atoms with Gasteiger partial charge < -0.3 is 16.0 Å². The molecular weight excluding hydrogens is 154 g/mol. The Kier molecular flexibility index (Phi) is 3.34. The molecule has 4 heteroatoms. The largest absolute Gasteiger partial charge is 0.341 e. The topological polar surface area (TPSA) is 53.2 Å². The molecular formula is C8H17N3O. The number of carbonyl (C=O) groups excluding carboxylic acids is 1. The van der Waals surface area contributed by atoms with Gasteiger partial charge in [-0.05, 0) is 26.3 Å². The van der Waals surface area contributed by atoms with E-state index in [-0.39, 0.29) is 6.03 Å². The predicted octanol–water partition coefficient (Wildman–Crippen LogP) is 0.0559. The van der Waals surface area contributed by atoms with Crippen molar-refractivity contribution >= 4 is 6.03 Å². The maximum Gasteiger partial charge on any atom is 0.314 e. The summed E-state index contributed by atoms with van der Waals surface area (Å²) < 4.78 is 0. The number of hydrogen-bond donors (Lipinski definition) is 3. The van der Waals surface area contributed by atoms with Crippen molar-refractivity contribution < 1.29 is 4.79 Å². The zero-order valence-electron chi connectivity index (χ0n) is 7.68. The van der Waals surface area contributed by atoms with Crippen LogP contribution in [-0.2, 0) is 0 Å². The molecule has 0 aromatic heterocycles. The fourth-order valence-electron chi connectivity index (χ4n) is 1.52. The monoisotopic (exact) mass is 171 g/mol. The quantitative estimate of drug-likeness (QED) is 0.522. The number of hydrogen-bond acceptors (Lipinski definition) is 2. The molecule has 1 heterocycles. The van der Waals surface area contributed by atoms with E-state index in [9.17, 15) is 4.79 Å². The first-order valence-corrected chi connectivity index (χ1v) is 4.44. The fraction of sp³-hybridized carbons (Fsp3) is 0.875. The third kappa shape index (κ3) is 2.70. The van der Waals surface area contributed by atoms with Crippen LogP contribution in [0.1, 0.15) is 19.8 Å².